The number of hydrogen-bond donors (Lipinski definition) is 3. The number of nitrogens with zero attached hydrogens (tertiary/aromatic N) is 1. The number of phenolic OH excluding ortho intramolecular Hbond substituents is 2. The predicted molar refractivity (Wildman–Crippen MR) is 85.5 cm³/mol. The Bertz CT molecular complexity index is 788. The maximum absolute atomic E-state index is 12.6. The lowest BCUT2D eigenvalue weighted by Crippen LogP contribution is -2.35. The lowest BCUT2D eigenvalue weighted by molar-refractivity contribution is -0.121. The summed E-state index contributed by atoms with van der Waals surface area (Å²) in [6.07, 6.45) is 0.0365. The van der Waals surface area contributed by atoms with E-state index < -0.39 is 6.04 Å². The van der Waals surface area contributed by atoms with Crippen molar-refractivity contribution in [2.45, 2.75) is 19.4 Å². The second kappa shape index (κ2) is 5.64. The summed E-state index contributed by atoms with van der Waals surface area (Å²) in [6, 6.07) is 10.2. The van der Waals surface area contributed by atoms with Crippen LogP contribution in [0.3, 0.4) is 0 Å². The van der Waals surface area contributed by atoms with Crippen molar-refractivity contribution in [3.05, 3.63) is 48.0 Å². The fraction of sp³-hybridized carbons (Fsp3) is 0.176. The van der Waals surface area contributed by atoms with Crippen molar-refractivity contribution in [1.29, 1.82) is 0 Å². The van der Waals surface area contributed by atoms with Crippen molar-refractivity contribution in [1.82, 2.24) is 0 Å². The van der Waals surface area contributed by atoms with E-state index in [1.54, 1.807) is 25.1 Å². The molecule has 0 aliphatic carbocycles. The molecule has 6 heteroatoms. The molecule has 0 aromatic heterocycles. The van der Waals surface area contributed by atoms with Crippen LogP contribution in [0, 0.1) is 6.92 Å². The zero-order valence-corrected chi connectivity index (χ0v) is 12.5. The number of nitrogens with one attached hydrogen (secondary N) is 1. The fourth-order valence-corrected chi connectivity index (χ4v) is 2.69. The highest BCUT2D eigenvalue weighted by Gasteiger charge is 2.40. The molecule has 2 aromatic carbocycles. The Morgan fingerprint density at radius 3 is 2.52 bits per heavy atom. The topological polar surface area (TPSA) is 89.9 Å². The van der Waals surface area contributed by atoms with Gasteiger partial charge in [0.1, 0.15) is 17.5 Å². The van der Waals surface area contributed by atoms with E-state index in [4.69, 9.17) is 0 Å². The number of amides is 2. The molecule has 3 rings (SSSR count). The third kappa shape index (κ3) is 2.83. The minimum absolute atomic E-state index is 0.0365. The number of aromatic hydroxyl groups is 2. The Morgan fingerprint density at radius 2 is 1.83 bits per heavy atom. The second-order valence-electron chi connectivity index (χ2n) is 5.49. The molecule has 118 valence electrons. The molecule has 1 unspecified atom stereocenters. The molecule has 0 saturated carbocycles. The molecule has 0 spiro atoms. The van der Waals surface area contributed by atoms with Crippen LogP contribution in [-0.4, -0.2) is 28.1 Å². The van der Waals surface area contributed by atoms with E-state index in [0.717, 1.165) is 4.90 Å². The first-order valence-corrected chi connectivity index (χ1v) is 7.17. The highest BCUT2D eigenvalue weighted by Crippen LogP contribution is 2.30. The molecule has 1 saturated heterocycles. The minimum Gasteiger partial charge on any atom is -0.508 e. The van der Waals surface area contributed by atoms with Gasteiger partial charge in [-0.15, -0.1) is 0 Å². The zero-order valence-electron chi connectivity index (χ0n) is 12.5. The van der Waals surface area contributed by atoms with Crippen molar-refractivity contribution in [3.8, 4) is 11.5 Å². The van der Waals surface area contributed by atoms with Gasteiger partial charge in [-0.05, 0) is 42.8 Å². The number of hydrogen-bond acceptors (Lipinski definition) is 5. The third-order valence-electron chi connectivity index (χ3n) is 3.75. The number of rotatable bonds is 3. The number of benzene rings is 2. The third-order valence-corrected chi connectivity index (χ3v) is 3.75. The number of carbonyl (C=O) groups excluding carboxylic acids is 2. The SMILES string of the molecule is Cc1cc(O)ccc1N1C(=O)CC(Nc2cccc(O)c2)C1=O. The average Bonchev–Trinajstić information content (AvgIpc) is 2.74. The van der Waals surface area contributed by atoms with Gasteiger partial charge in [-0.2, -0.15) is 0 Å². The summed E-state index contributed by atoms with van der Waals surface area (Å²) >= 11 is 0. The first-order chi connectivity index (χ1) is 11.0. The lowest BCUT2D eigenvalue weighted by atomic mass is 10.1. The molecule has 3 N–H and O–H groups in total. The number of phenols is 2. The molecule has 23 heavy (non-hydrogen) atoms. The molecule has 2 aromatic rings. The largest absolute Gasteiger partial charge is 0.508 e. The number of imide groups is 1. The van der Waals surface area contributed by atoms with Crippen LogP contribution in [-0.2, 0) is 9.59 Å². The van der Waals surface area contributed by atoms with Crippen LogP contribution < -0.4 is 10.2 Å². The Labute approximate surface area is 133 Å². The predicted octanol–water partition coefficient (Wildman–Crippen LogP) is 2.15. The first kappa shape index (κ1) is 14.9. The van der Waals surface area contributed by atoms with E-state index in [1.807, 2.05) is 0 Å². The van der Waals surface area contributed by atoms with Gasteiger partial charge in [-0.25, -0.2) is 4.90 Å². The van der Waals surface area contributed by atoms with Gasteiger partial charge in [0.15, 0.2) is 0 Å². The highest BCUT2D eigenvalue weighted by atomic mass is 16.3. The van der Waals surface area contributed by atoms with E-state index in [-0.39, 0.29) is 29.7 Å². The smallest absolute Gasteiger partial charge is 0.256 e. The Morgan fingerprint density at radius 1 is 1.09 bits per heavy atom. The average molecular weight is 312 g/mol. The molecular formula is C17H16N2O4. The van der Waals surface area contributed by atoms with Gasteiger partial charge in [0, 0.05) is 11.8 Å². The van der Waals surface area contributed by atoms with Gasteiger partial charge in [0.2, 0.25) is 5.91 Å². The lowest BCUT2D eigenvalue weighted by Gasteiger charge is -2.18. The summed E-state index contributed by atoms with van der Waals surface area (Å²) in [5.41, 5.74) is 1.68. The molecular weight excluding hydrogens is 296 g/mol. The number of aryl methyl sites for hydroxylation is 1. The monoisotopic (exact) mass is 312 g/mol. The Hall–Kier alpha value is -3.02. The Kier molecular flexibility index (Phi) is 3.65. The van der Waals surface area contributed by atoms with E-state index in [0.29, 0.717) is 16.9 Å². The van der Waals surface area contributed by atoms with Crippen LogP contribution in [0.15, 0.2) is 42.5 Å². The first-order valence-electron chi connectivity index (χ1n) is 7.17. The van der Waals surface area contributed by atoms with E-state index in [9.17, 15) is 19.8 Å². The molecule has 2 amide bonds. The van der Waals surface area contributed by atoms with E-state index in [1.165, 1.54) is 24.3 Å². The maximum atomic E-state index is 12.6. The van der Waals surface area contributed by atoms with Crippen LogP contribution in [0.1, 0.15) is 12.0 Å². The minimum atomic E-state index is -0.683. The van der Waals surface area contributed by atoms with Crippen LogP contribution in [0.4, 0.5) is 11.4 Å². The number of carbonyl (C=O) groups is 2. The quantitative estimate of drug-likeness (QED) is 0.756. The molecule has 6 nitrogen and oxygen atoms in total. The van der Waals surface area contributed by atoms with Gasteiger partial charge in [0.25, 0.3) is 5.91 Å². The van der Waals surface area contributed by atoms with Gasteiger partial charge < -0.3 is 15.5 Å². The van der Waals surface area contributed by atoms with Crippen LogP contribution in [0.2, 0.25) is 0 Å². The highest BCUT2D eigenvalue weighted by molar-refractivity contribution is 6.23. The molecule has 1 heterocycles. The molecule has 1 aliphatic heterocycles. The standard InChI is InChI=1S/C17H16N2O4/c1-10-7-13(21)5-6-15(10)19-16(22)9-14(17(19)23)18-11-3-2-4-12(20)8-11/h2-8,14,18,20-21H,9H2,1H3. The zero-order chi connectivity index (χ0) is 16.6. The summed E-state index contributed by atoms with van der Waals surface area (Å²) in [7, 11) is 0. The van der Waals surface area contributed by atoms with Crippen LogP contribution in [0.5, 0.6) is 11.5 Å². The normalized spacial score (nSPS) is 17.6. The van der Waals surface area contributed by atoms with Crippen molar-refractivity contribution in [2.24, 2.45) is 0 Å². The van der Waals surface area contributed by atoms with Crippen molar-refractivity contribution in [2.75, 3.05) is 10.2 Å². The summed E-state index contributed by atoms with van der Waals surface area (Å²) in [4.78, 5) is 25.9. The van der Waals surface area contributed by atoms with Gasteiger partial charge in [-0.1, -0.05) is 6.07 Å². The molecule has 0 radical (unpaired) electrons. The summed E-state index contributed by atoms with van der Waals surface area (Å²) in [5, 5.41) is 21.9. The van der Waals surface area contributed by atoms with E-state index >= 15 is 0 Å². The summed E-state index contributed by atoms with van der Waals surface area (Å²) < 4.78 is 0. The van der Waals surface area contributed by atoms with Crippen LogP contribution >= 0.6 is 0 Å². The summed E-state index contributed by atoms with van der Waals surface area (Å²) in [6.45, 7) is 1.73. The molecule has 1 aliphatic rings. The van der Waals surface area contributed by atoms with E-state index in [2.05, 4.69) is 5.32 Å². The van der Waals surface area contributed by atoms with Gasteiger partial charge in [0.05, 0.1) is 12.1 Å². The van der Waals surface area contributed by atoms with Crippen LogP contribution in [0.25, 0.3) is 0 Å². The van der Waals surface area contributed by atoms with Gasteiger partial charge >= 0.3 is 0 Å². The van der Waals surface area contributed by atoms with Crippen molar-refractivity contribution in [3.63, 3.8) is 0 Å². The van der Waals surface area contributed by atoms with Crippen molar-refractivity contribution < 1.29 is 19.8 Å². The van der Waals surface area contributed by atoms with Gasteiger partial charge in [-0.3, -0.25) is 9.59 Å². The summed E-state index contributed by atoms with van der Waals surface area (Å²) in [5.74, 6) is -0.494. The molecule has 1 fully saturated rings. The number of anilines is 2. The maximum Gasteiger partial charge on any atom is 0.256 e. The molecule has 1 atom stereocenters. The van der Waals surface area contributed by atoms with Crippen molar-refractivity contribution >= 4 is 23.2 Å². The second-order valence-corrected chi connectivity index (χ2v) is 5.49. The molecule has 0 bridgehead atoms. The Balaban J connectivity index is 1.85. The fourth-order valence-electron chi connectivity index (χ4n) is 2.69.